The highest BCUT2D eigenvalue weighted by molar-refractivity contribution is 5.77. The average molecular weight is 468 g/mol. The molecule has 0 radical (unpaired) electrons. The molecular formula is C23H32O10. The van der Waals surface area contributed by atoms with Crippen LogP contribution in [0.1, 0.15) is 52.9 Å². The number of ether oxygens (including phenoxy) is 6. The predicted octanol–water partition coefficient (Wildman–Crippen LogP) is 1.52. The number of esters is 4. The SMILES string of the molecule is COC(=O)[C@H]1O[C@H](OC2C3CC4CC(C3)CC2C4)[C@H](OC(C)=O)[C@@H](OC(C)=O)[C@@H]1OC(C)=O. The third-order valence-corrected chi connectivity index (χ3v) is 7.27. The highest BCUT2D eigenvalue weighted by Gasteiger charge is 2.57. The van der Waals surface area contributed by atoms with Crippen molar-refractivity contribution in [3.63, 3.8) is 0 Å². The largest absolute Gasteiger partial charge is 0.467 e. The minimum Gasteiger partial charge on any atom is -0.467 e. The van der Waals surface area contributed by atoms with E-state index in [9.17, 15) is 19.2 Å². The van der Waals surface area contributed by atoms with Crippen LogP contribution in [-0.4, -0.2) is 67.8 Å². The van der Waals surface area contributed by atoms with Gasteiger partial charge in [-0.25, -0.2) is 4.79 Å². The molecule has 33 heavy (non-hydrogen) atoms. The van der Waals surface area contributed by atoms with Gasteiger partial charge in [-0.2, -0.15) is 0 Å². The molecule has 0 aromatic rings. The van der Waals surface area contributed by atoms with Gasteiger partial charge in [-0.1, -0.05) is 0 Å². The average Bonchev–Trinajstić information content (AvgIpc) is 2.72. The van der Waals surface area contributed by atoms with Gasteiger partial charge in [0.1, 0.15) is 0 Å². The van der Waals surface area contributed by atoms with Crippen molar-refractivity contribution >= 4 is 23.9 Å². The van der Waals surface area contributed by atoms with Crippen LogP contribution in [0.3, 0.4) is 0 Å². The van der Waals surface area contributed by atoms with Gasteiger partial charge in [-0.15, -0.1) is 0 Å². The fraction of sp³-hybridized carbons (Fsp3) is 0.826. The zero-order chi connectivity index (χ0) is 23.9. The predicted molar refractivity (Wildman–Crippen MR) is 109 cm³/mol. The zero-order valence-electron chi connectivity index (χ0n) is 19.4. The molecule has 0 amide bonds. The van der Waals surface area contributed by atoms with Crippen molar-refractivity contribution in [2.24, 2.45) is 23.7 Å². The number of methoxy groups -OCH3 is 1. The highest BCUT2D eigenvalue weighted by atomic mass is 16.7. The summed E-state index contributed by atoms with van der Waals surface area (Å²) in [5.74, 6) is -0.751. The summed E-state index contributed by atoms with van der Waals surface area (Å²) in [7, 11) is 1.17. The van der Waals surface area contributed by atoms with E-state index in [1.165, 1.54) is 27.4 Å². The van der Waals surface area contributed by atoms with Crippen LogP contribution in [0, 0.1) is 23.7 Å². The molecule has 5 atom stereocenters. The van der Waals surface area contributed by atoms with Crippen molar-refractivity contribution in [2.75, 3.05) is 7.11 Å². The first kappa shape index (κ1) is 23.9. The first-order chi connectivity index (χ1) is 15.7. The molecule has 0 spiro atoms. The molecule has 1 heterocycles. The summed E-state index contributed by atoms with van der Waals surface area (Å²) in [6.07, 6.45) is -1.07. The smallest absolute Gasteiger partial charge is 0.339 e. The van der Waals surface area contributed by atoms with E-state index in [0.29, 0.717) is 23.7 Å². The van der Waals surface area contributed by atoms with E-state index >= 15 is 0 Å². The maximum atomic E-state index is 12.6. The Bertz CT molecular complexity index is 766. The molecule has 4 saturated carbocycles. The summed E-state index contributed by atoms with van der Waals surface area (Å²) in [5.41, 5.74) is 0. The van der Waals surface area contributed by atoms with Crippen LogP contribution in [0.15, 0.2) is 0 Å². The molecule has 184 valence electrons. The molecule has 0 N–H and O–H groups in total. The van der Waals surface area contributed by atoms with Gasteiger partial charge in [0.25, 0.3) is 0 Å². The molecule has 5 aliphatic rings. The molecule has 1 saturated heterocycles. The Kier molecular flexibility index (Phi) is 6.95. The summed E-state index contributed by atoms with van der Waals surface area (Å²) in [6, 6.07) is 0. The van der Waals surface area contributed by atoms with Gasteiger partial charge in [0.15, 0.2) is 30.7 Å². The van der Waals surface area contributed by atoms with Crippen molar-refractivity contribution in [1.82, 2.24) is 0 Å². The van der Waals surface area contributed by atoms with Gasteiger partial charge in [0.2, 0.25) is 0 Å². The van der Waals surface area contributed by atoms with Crippen molar-refractivity contribution in [2.45, 2.75) is 89.7 Å². The van der Waals surface area contributed by atoms with E-state index in [4.69, 9.17) is 28.4 Å². The van der Waals surface area contributed by atoms with Gasteiger partial charge >= 0.3 is 23.9 Å². The third-order valence-electron chi connectivity index (χ3n) is 7.27. The topological polar surface area (TPSA) is 124 Å². The Morgan fingerprint density at radius 3 is 1.64 bits per heavy atom. The molecule has 4 bridgehead atoms. The lowest BCUT2D eigenvalue weighted by Crippen LogP contribution is -2.65. The molecule has 5 rings (SSSR count). The lowest BCUT2D eigenvalue weighted by Gasteiger charge is -2.55. The maximum absolute atomic E-state index is 12.6. The molecule has 4 aliphatic carbocycles. The highest BCUT2D eigenvalue weighted by Crippen LogP contribution is 2.55. The van der Waals surface area contributed by atoms with Crippen LogP contribution in [0.4, 0.5) is 0 Å². The lowest BCUT2D eigenvalue weighted by atomic mass is 9.55. The second-order valence-corrected chi connectivity index (χ2v) is 9.70. The van der Waals surface area contributed by atoms with E-state index in [1.807, 2.05) is 0 Å². The van der Waals surface area contributed by atoms with Gasteiger partial charge in [0.05, 0.1) is 13.2 Å². The van der Waals surface area contributed by atoms with Gasteiger partial charge < -0.3 is 28.4 Å². The Labute approximate surface area is 192 Å². The van der Waals surface area contributed by atoms with Crippen molar-refractivity contribution in [3.8, 4) is 0 Å². The van der Waals surface area contributed by atoms with Gasteiger partial charge in [-0.05, 0) is 55.8 Å². The molecular weight excluding hydrogens is 436 g/mol. The van der Waals surface area contributed by atoms with Gasteiger partial charge in [0, 0.05) is 20.8 Å². The fourth-order valence-corrected chi connectivity index (χ4v) is 6.44. The van der Waals surface area contributed by atoms with Crippen molar-refractivity contribution in [3.05, 3.63) is 0 Å². The summed E-state index contributed by atoms with van der Waals surface area (Å²) >= 11 is 0. The monoisotopic (exact) mass is 468 g/mol. The molecule has 10 nitrogen and oxygen atoms in total. The Morgan fingerprint density at radius 1 is 0.667 bits per heavy atom. The van der Waals surface area contributed by atoms with Crippen molar-refractivity contribution < 1.29 is 47.6 Å². The summed E-state index contributed by atoms with van der Waals surface area (Å²) < 4.78 is 33.4. The summed E-state index contributed by atoms with van der Waals surface area (Å²) in [4.78, 5) is 48.2. The maximum Gasteiger partial charge on any atom is 0.339 e. The van der Waals surface area contributed by atoms with E-state index in [0.717, 1.165) is 32.6 Å². The van der Waals surface area contributed by atoms with Crippen LogP contribution in [0.25, 0.3) is 0 Å². The molecule has 1 aliphatic heterocycles. The Balaban J connectivity index is 1.64. The zero-order valence-corrected chi connectivity index (χ0v) is 19.4. The molecule has 5 fully saturated rings. The quantitative estimate of drug-likeness (QED) is 0.419. The second kappa shape index (κ2) is 9.58. The van der Waals surface area contributed by atoms with E-state index in [1.54, 1.807) is 0 Å². The minimum absolute atomic E-state index is 0.123. The minimum atomic E-state index is -1.42. The summed E-state index contributed by atoms with van der Waals surface area (Å²) in [5, 5.41) is 0. The van der Waals surface area contributed by atoms with E-state index in [2.05, 4.69) is 0 Å². The molecule has 0 aromatic heterocycles. The lowest BCUT2D eigenvalue weighted by molar-refractivity contribution is -0.324. The first-order valence-electron chi connectivity index (χ1n) is 11.6. The molecule has 0 aromatic carbocycles. The van der Waals surface area contributed by atoms with Crippen LogP contribution in [0.5, 0.6) is 0 Å². The van der Waals surface area contributed by atoms with E-state index in [-0.39, 0.29) is 6.10 Å². The number of hydrogen-bond donors (Lipinski definition) is 0. The van der Waals surface area contributed by atoms with Gasteiger partial charge in [-0.3, -0.25) is 14.4 Å². The first-order valence-corrected chi connectivity index (χ1v) is 11.6. The Hall–Kier alpha value is -2.20. The van der Waals surface area contributed by atoms with E-state index < -0.39 is 54.6 Å². The molecule has 0 unspecified atom stereocenters. The van der Waals surface area contributed by atoms with Crippen LogP contribution < -0.4 is 0 Å². The number of hydrogen-bond acceptors (Lipinski definition) is 10. The standard InChI is InChI=1S/C23H32O10/c1-10(24)29-18-19(30-11(2)25)21(31-12(3)26)23(33-20(18)22(27)28-4)32-17-15-6-13-5-14(8-15)9-16(17)7-13/h13-21,23H,5-9H2,1-4H3/t13?,14?,15?,16?,17?,18-,19-,20-,21+,23-/m0/s1. The van der Waals surface area contributed by atoms with Crippen LogP contribution in [0.2, 0.25) is 0 Å². The van der Waals surface area contributed by atoms with Crippen LogP contribution >= 0.6 is 0 Å². The normalized spacial score (nSPS) is 41.2. The number of carbonyl (C=O) groups is 4. The summed E-state index contributed by atoms with van der Waals surface area (Å²) in [6.45, 7) is 3.53. The third kappa shape index (κ3) is 5.01. The number of carbonyl (C=O) groups excluding carboxylic acids is 4. The fourth-order valence-electron chi connectivity index (χ4n) is 6.44. The van der Waals surface area contributed by atoms with Crippen LogP contribution in [-0.2, 0) is 47.6 Å². The molecule has 10 heteroatoms. The number of rotatable bonds is 6. The van der Waals surface area contributed by atoms with Crippen molar-refractivity contribution in [1.29, 1.82) is 0 Å². The second-order valence-electron chi connectivity index (χ2n) is 9.70. The Morgan fingerprint density at radius 2 is 1.15 bits per heavy atom.